The summed E-state index contributed by atoms with van der Waals surface area (Å²) >= 11 is 1.76. The number of nitrogens with zero attached hydrogens (tertiary/aromatic N) is 1. The summed E-state index contributed by atoms with van der Waals surface area (Å²) in [6, 6.07) is 2.14. The van der Waals surface area contributed by atoms with Gasteiger partial charge >= 0.3 is 0 Å². The maximum atomic E-state index is 4.44. The van der Waals surface area contributed by atoms with Crippen molar-refractivity contribution in [2.75, 3.05) is 6.54 Å². The minimum absolute atomic E-state index is 0.166. The van der Waals surface area contributed by atoms with Gasteiger partial charge in [0.15, 0.2) is 0 Å². The first kappa shape index (κ1) is 13.3. The quantitative estimate of drug-likeness (QED) is 0.888. The number of H-pyrrole nitrogens is 1. The first-order valence-electron chi connectivity index (χ1n) is 6.29. The molecule has 0 atom stereocenters. The SMILES string of the molecule is Cc1ccsc1-c1cnc(CCNC(C)(C)C)[nH]1. The number of imidazole rings is 1. The molecule has 98 valence electrons. The summed E-state index contributed by atoms with van der Waals surface area (Å²) in [4.78, 5) is 9.14. The topological polar surface area (TPSA) is 40.7 Å². The van der Waals surface area contributed by atoms with Crippen molar-refractivity contribution in [1.82, 2.24) is 15.3 Å². The highest BCUT2D eigenvalue weighted by molar-refractivity contribution is 7.13. The average molecular weight is 263 g/mol. The largest absolute Gasteiger partial charge is 0.341 e. The molecule has 0 amide bonds. The van der Waals surface area contributed by atoms with Crippen molar-refractivity contribution in [3.63, 3.8) is 0 Å². The molecule has 0 aromatic carbocycles. The highest BCUT2D eigenvalue weighted by atomic mass is 32.1. The standard InChI is InChI=1S/C14H21N3S/c1-10-6-8-18-13(10)11-9-15-12(17-11)5-7-16-14(2,3)4/h6,8-9,16H,5,7H2,1-4H3,(H,15,17). The second-order valence-corrected chi connectivity index (χ2v) is 6.52. The molecule has 2 N–H and O–H groups in total. The molecule has 0 aliphatic heterocycles. The predicted molar refractivity (Wildman–Crippen MR) is 78.1 cm³/mol. The molecular weight excluding hydrogens is 242 g/mol. The number of aryl methyl sites for hydroxylation is 1. The molecule has 4 heteroatoms. The van der Waals surface area contributed by atoms with Crippen LogP contribution in [-0.2, 0) is 6.42 Å². The summed E-state index contributed by atoms with van der Waals surface area (Å²) in [6.07, 6.45) is 2.87. The van der Waals surface area contributed by atoms with Crippen LogP contribution in [-0.4, -0.2) is 22.1 Å². The van der Waals surface area contributed by atoms with E-state index >= 15 is 0 Å². The number of hydrogen-bond acceptors (Lipinski definition) is 3. The molecule has 0 radical (unpaired) electrons. The van der Waals surface area contributed by atoms with E-state index < -0.39 is 0 Å². The first-order chi connectivity index (χ1) is 8.46. The Balaban J connectivity index is 1.97. The minimum Gasteiger partial charge on any atom is -0.341 e. The van der Waals surface area contributed by atoms with E-state index in [1.807, 2.05) is 6.20 Å². The van der Waals surface area contributed by atoms with E-state index in [1.165, 1.54) is 10.4 Å². The van der Waals surface area contributed by atoms with Crippen molar-refractivity contribution < 1.29 is 0 Å². The molecule has 0 unspecified atom stereocenters. The third kappa shape index (κ3) is 3.43. The highest BCUT2D eigenvalue weighted by Crippen LogP contribution is 2.27. The molecule has 2 aromatic heterocycles. The Morgan fingerprint density at radius 1 is 1.39 bits per heavy atom. The molecule has 2 aromatic rings. The molecular formula is C14H21N3S. The zero-order valence-electron chi connectivity index (χ0n) is 11.5. The summed E-state index contributed by atoms with van der Waals surface area (Å²) in [5.74, 6) is 1.05. The van der Waals surface area contributed by atoms with Gasteiger partial charge in [0.1, 0.15) is 5.82 Å². The van der Waals surface area contributed by atoms with Crippen molar-refractivity contribution >= 4 is 11.3 Å². The summed E-state index contributed by atoms with van der Waals surface area (Å²) < 4.78 is 0. The van der Waals surface area contributed by atoms with Gasteiger partial charge in [-0.25, -0.2) is 4.98 Å². The lowest BCUT2D eigenvalue weighted by atomic mass is 10.1. The summed E-state index contributed by atoms with van der Waals surface area (Å²) in [5, 5.41) is 5.59. The summed E-state index contributed by atoms with van der Waals surface area (Å²) in [7, 11) is 0. The van der Waals surface area contributed by atoms with Crippen molar-refractivity contribution in [3.05, 3.63) is 29.0 Å². The molecule has 0 fully saturated rings. The molecule has 3 nitrogen and oxygen atoms in total. The van der Waals surface area contributed by atoms with Gasteiger partial charge in [-0.2, -0.15) is 0 Å². The number of hydrogen-bond donors (Lipinski definition) is 2. The van der Waals surface area contributed by atoms with E-state index in [2.05, 4.69) is 54.4 Å². The van der Waals surface area contributed by atoms with Gasteiger partial charge in [0.25, 0.3) is 0 Å². The number of rotatable bonds is 4. The highest BCUT2D eigenvalue weighted by Gasteiger charge is 2.10. The zero-order chi connectivity index (χ0) is 13.2. The third-order valence-electron chi connectivity index (χ3n) is 2.75. The van der Waals surface area contributed by atoms with Crippen LogP contribution in [0.3, 0.4) is 0 Å². The Labute approximate surface area is 113 Å². The molecule has 0 spiro atoms. The smallest absolute Gasteiger partial charge is 0.107 e. The van der Waals surface area contributed by atoms with E-state index in [0.29, 0.717) is 0 Å². The second kappa shape index (κ2) is 5.24. The Kier molecular flexibility index (Phi) is 3.88. The van der Waals surface area contributed by atoms with Crippen molar-refractivity contribution in [2.45, 2.75) is 39.7 Å². The van der Waals surface area contributed by atoms with Gasteiger partial charge in [-0.15, -0.1) is 11.3 Å². The van der Waals surface area contributed by atoms with Crippen LogP contribution in [0, 0.1) is 6.92 Å². The molecule has 0 aliphatic rings. The van der Waals surface area contributed by atoms with Gasteiger partial charge < -0.3 is 10.3 Å². The Hall–Kier alpha value is -1.13. The predicted octanol–water partition coefficient (Wildman–Crippen LogP) is 3.38. The van der Waals surface area contributed by atoms with Crippen LogP contribution < -0.4 is 5.32 Å². The molecule has 0 bridgehead atoms. The number of nitrogens with one attached hydrogen (secondary N) is 2. The van der Waals surface area contributed by atoms with Gasteiger partial charge in [0.2, 0.25) is 0 Å². The molecule has 2 rings (SSSR count). The monoisotopic (exact) mass is 263 g/mol. The summed E-state index contributed by atoms with van der Waals surface area (Å²) in [5.41, 5.74) is 2.61. The molecule has 18 heavy (non-hydrogen) atoms. The number of aromatic amines is 1. The Morgan fingerprint density at radius 3 is 2.78 bits per heavy atom. The van der Waals surface area contributed by atoms with E-state index in [0.717, 1.165) is 24.5 Å². The van der Waals surface area contributed by atoms with Crippen LogP contribution in [0.4, 0.5) is 0 Å². The normalized spacial score (nSPS) is 12.0. The fourth-order valence-corrected chi connectivity index (χ4v) is 2.70. The van der Waals surface area contributed by atoms with Crippen molar-refractivity contribution in [1.29, 1.82) is 0 Å². The third-order valence-corrected chi connectivity index (χ3v) is 3.80. The van der Waals surface area contributed by atoms with Crippen LogP contribution in [0.15, 0.2) is 17.6 Å². The average Bonchev–Trinajstić information content (AvgIpc) is 2.84. The van der Waals surface area contributed by atoms with Crippen LogP contribution in [0.5, 0.6) is 0 Å². The van der Waals surface area contributed by atoms with Crippen LogP contribution >= 0.6 is 11.3 Å². The van der Waals surface area contributed by atoms with Gasteiger partial charge in [-0.05, 0) is 44.7 Å². The molecule has 0 saturated carbocycles. The lowest BCUT2D eigenvalue weighted by Crippen LogP contribution is -2.37. The van der Waals surface area contributed by atoms with E-state index in [1.54, 1.807) is 11.3 Å². The first-order valence-corrected chi connectivity index (χ1v) is 7.17. The fourth-order valence-electron chi connectivity index (χ4n) is 1.81. The van der Waals surface area contributed by atoms with Crippen molar-refractivity contribution in [3.8, 4) is 10.6 Å². The van der Waals surface area contributed by atoms with Crippen LogP contribution in [0.1, 0.15) is 32.2 Å². The zero-order valence-corrected chi connectivity index (χ0v) is 12.3. The van der Waals surface area contributed by atoms with E-state index in [-0.39, 0.29) is 5.54 Å². The fraction of sp³-hybridized carbons (Fsp3) is 0.500. The number of aromatic nitrogens is 2. The van der Waals surface area contributed by atoms with Gasteiger partial charge in [0, 0.05) is 18.5 Å². The second-order valence-electron chi connectivity index (χ2n) is 5.60. The lowest BCUT2D eigenvalue weighted by molar-refractivity contribution is 0.427. The number of thiophene rings is 1. The molecule has 2 heterocycles. The Morgan fingerprint density at radius 2 is 2.17 bits per heavy atom. The molecule has 0 saturated heterocycles. The summed E-state index contributed by atoms with van der Waals surface area (Å²) in [6.45, 7) is 9.61. The minimum atomic E-state index is 0.166. The van der Waals surface area contributed by atoms with Crippen LogP contribution in [0.25, 0.3) is 10.6 Å². The van der Waals surface area contributed by atoms with E-state index in [4.69, 9.17) is 0 Å². The molecule has 0 aliphatic carbocycles. The van der Waals surface area contributed by atoms with E-state index in [9.17, 15) is 0 Å². The Bertz CT molecular complexity index is 505. The van der Waals surface area contributed by atoms with Gasteiger partial charge in [0.05, 0.1) is 16.8 Å². The van der Waals surface area contributed by atoms with Gasteiger partial charge in [-0.1, -0.05) is 0 Å². The van der Waals surface area contributed by atoms with Crippen molar-refractivity contribution in [2.24, 2.45) is 0 Å². The van der Waals surface area contributed by atoms with Crippen LogP contribution in [0.2, 0.25) is 0 Å². The maximum absolute atomic E-state index is 4.44. The maximum Gasteiger partial charge on any atom is 0.107 e. The lowest BCUT2D eigenvalue weighted by Gasteiger charge is -2.19. The van der Waals surface area contributed by atoms with Gasteiger partial charge in [-0.3, -0.25) is 0 Å².